The number of hydrogen-bond acceptors (Lipinski definition) is 5. The van der Waals surface area contributed by atoms with Gasteiger partial charge in [0.1, 0.15) is 17.2 Å². The van der Waals surface area contributed by atoms with E-state index in [2.05, 4.69) is 38.2 Å². The Morgan fingerprint density at radius 1 is 1.00 bits per heavy atom. The van der Waals surface area contributed by atoms with Crippen LogP contribution < -0.4 is 10.1 Å². The maximum atomic E-state index is 13.0. The standard InChI is InChI=1S/C31H38N2O5/c1-30(2,3)22-10-13-23(14-11-22)38-24-12-9-21-16-27(29(36)32-19-31(4,37)18-28(34)35)33-26(25(21)17-24)15-20-7-5-6-8-20/h9-14,16-17,20,37H,5-8,15,18-19H2,1-4H3,(H,32,36)(H,34,35). The fraction of sp³-hybridized carbons (Fsp3) is 0.452. The van der Waals surface area contributed by atoms with Gasteiger partial charge in [-0.05, 0) is 66.0 Å². The van der Waals surface area contributed by atoms with Crippen molar-refractivity contribution in [3.8, 4) is 11.5 Å². The van der Waals surface area contributed by atoms with Crippen LogP contribution in [0.15, 0.2) is 48.5 Å². The van der Waals surface area contributed by atoms with Crippen LogP contribution >= 0.6 is 0 Å². The Morgan fingerprint density at radius 2 is 1.66 bits per heavy atom. The van der Waals surface area contributed by atoms with E-state index < -0.39 is 23.9 Å². The molecule has 1 atom stereocenters. The van der Waals surface area contributed by atoms with E-state index in [1.54, 1.807) is 6.07 Å². The summed E-state index contributed by atoms with van der Waals surface area (Å²) in [6.45, 7) is 7.74. The molecule has 1 saturated carbocycles. The second-order valence-electron chi connectivity index (χ2n) is 11.8. The van der Waals surface area contributed by atoms with Gasteiger partial charge in [-0.25, -0.2) is 4.98 Å². The molecule has 3 N–H and O–H groups in total. The van der Waals surface area contributed by atoms with E-state index in [-0.39, 0.29) is 17.7 Å². The zero-order valence-corrected chi connectivity index (χ0v) is 22.7. The molecule has 4 rings (SSSR count). The van der Waals surface area contributed by atoms with Crippen molar-refractivity contribution < 1.29 is 24.5 Å². The van der Waals surface area contributed by atoms with E-state index in [4.69, 9.17) is 14.8 Å². The number of hydrogen-bond donors (Lipinski definition) is 3. The van der Waals surface area contributed by atoms with Gasteiger partial charge in [0.05, 0.1) is 12.0 Å². The SMILES string of the molecule is CC(O)(CNC(=O)c1cc2ccc(Oc3ccc(C(C)(C)C)cc3)cc2c(CC2CCCC2)n1)CC(=O)O. The van der Waals surface area contributed by atoms with Crippen molar-refractivity contribution in [2.45, 2.75) is 77.2 Å². The van der Waals surface area contributed by atoms with Gasteiger partial charge in [0, 0.05) is 17.6 Å². The minimum Gasteiger partial charge on any atom is -0.481 e. The Hall–Kier alpha value is -3.45. The number of fused-ring (bicyclic) bond motifs is 1. The first-order valence-corrected chi connectivity index (χ1v) is 13.3. The average molecular weight is 519 g/mol. The number of carboxylic acid groups (broad SMARTS) is 1. The molecule has 1 heterocycles. The first-order valence-electron chi connectivity index (χ1n) is 13.3. The number of aliphatic hydroxyl groups is 1. The van der Waals surface area contributed by atoms with Crippen molar-refractivity contribution in [3.63, 3.8) is 0 Å². The number of carbonyl (C=O) groups is 2. The lowest BCUT2D eigenvalue weighted by atomic mass is 9.87. The normalized spacial score (nSPS) is 15.8. The lowest BCUT2D eigenvalue weighted by Gasteiger charge is -2.21. The van der Waals surface area contributed by atoms with Crippen molar-refractivity contribution in [1.82, 2.24) is 10.3 Å². The van der Waals surface area contributed by atoms with Crippen LogP contribution in [0.3, 0.4) is 0 Å². The number of carbonyl (C=O) groups excluding carboxylic acids is 1. The number of amides is 1. The van der Waals surface area contributed by atoms with E-state index in [1.165, 1.54) is 25.3 Å². The molecule has 1 amide bonds. The quantitative estimate of drug-likeness (QED) is 0.320. The first-order chi connectivity index (χ1) is 17.9. The summed E-state index contributed by atoms with van der Waals surface area (Å²) in [6, 6.07) is 15.7. The summed E-state index contributed by atoms with van der Waals surface area (Å²) >= 11 is 0. The number of aliphatic carboxylic acids is 1. The molecule has 38 heavy (non-hydrogen) atoms. The molecule has 1 fully saturated rings. The summed E-state index contributed by atoms with van der Waals surface area (Å²) in [6.07, 6.45) is 5.02. The summed E-state index contributed by atoms with van der Waals surface area (Å²) in [5, 5.41) is 23.7. The third kappa shape index (κ3) is 7.10. The van der Waals surface area contributed by atoms with Gasteiger partial charge in [0.25, 0.3) is 5.91 Å². The van der Waals surface area contributed by atoms with Gasteiger partial charge in [0.2, 0.25) is 0 Å². The summed E-state index contributed by atoms with van der Waals surface area (Å²) in [5.41, 5.74) is 0.857. The Balaban J connectivity index is 1.60. The number of pyridine rings is 1. The number of carboxylic acids is 1. The van der Waals surface area contributed by atoms with Crippen molar-refractivity contribution in [2.24, 2.45) is 5.92 Å². The molecule has 2 aromatic carbocycles. The molecule has 3 aromatic rings. The van der Waals surface area contributed by atoms with Crippen LogP contribution in [0.2, 0.25) is 0 Å². The summed E-state index contributed by atoms with van der Waals surface area (Å²) in [5.74, 6) is 0.416. The number of nitrogens with zero attached hydrogens (tertiary/aromatic N) is 1. The van der Waals surface area contributed by atoms with E-state index in [0.29, 0.717) is 11.7 Å². The van der Waals surface area contributed by atoms with Crippen LogP contribution in [0, 0.1) is 5.92 Å². The smallest absolute Gasteiger partial charge is 0.306 e. The van der Waals surface area contributed by atoms with Gasteiger partial charge in [-0.2, -0.15) is 0 Å². The third-order valence-corrected chi connectivity index (χ3v) is 7.19. The Bertz CT molecular complexity index is 1300. The van der Waals surface area contributed by atoms with Gasteiger partial charge >= 0.3 is 5.97 Å². The lowest BCUT2D eigenvalue weighted by molar-refractivity contribution is -0.141. The van der Waals surface area contributed by atoms with Gasteiger partial charge in [0.15, 0.2) is 0 Å². The number of benzene rings is 2. The summed E-state index contributed by atoms with van der Waals surface area (Å²) < 4.78 is 6.18. The van der Waals surface area contributed by atoms with Crippen LogP contribution in [0.5, 0.6) is 11.5 Å². The second-order valence-corrected chi connectivity index (χ2v) is 11.8. The van der Waals surface area contributed by atoms with E-state index in [0.717, 1.165) is 41.5 Å². The van der Waals surface area contributed by atoms with Gasteiger partial charge in [-0.15, -0.1) is 0 Å². The highest BCUT2D eigenvalue weighted by molar-refractivity contribution is 5.97. The van der Waals surface area contributed by atoms with Crippen molar-refractivity contribution in [1.29, 1.82) is 0 Å². The molecule has 202 valence electrons. The Labute approximate surface area is 224 Å². The second kappa shape index (κ2) is 11.1. The van der Waals surface area contributed by atoms with Crippen LogP contribution in [0.1, 0.15) is 81.5 Å². The highest BCUT2D eigenvalue weighted by atomic mass is 16.5. The monoisotopic (exact) mass is 518 g/mol. The number of nitrogens with one attached hydrogen (secondary N) is 1. The van der Waals surface area contributed by atoms with Gasteiger partial charge in [-0.3, -0.25) is 9.59 Å². The number of ether oxygens (including phenoxy) is 1. The van der Waals surface area contributed by atoms with Gasteiger partial charge in [-0.1, -0.05) is 64.7 Å². The zero-order valence-electron chi connectivity index (χ0n) is 22.7. The highest BCUT2D eigenvalue weighted by Crippen LogP contribution is 2.33. The molecule has 1 unspecified atom stereocenters. The van der Waals surface area contributed by atoms with E-state index in [1.807, 2.05) is 30.3 Å². The highest BCUT2D eigenvalue weighted by Gasteiger charge is 2.26. The largest absolute Gasteiger partial charge is 0.481 e. The predicted molar refractivity (Wildman–Crippen MR) is 148 cm³/mol. The molecular formula is C31H38N2O5. The molecule has 0 radical (unpaired) electrons. The Morgan fingerprint density at radius 3 is 2.29 bits per heavy atom. The average Bonchev–Trinajstić information content (AvgIpc) is 3.35. The van der Waals surface area contributed by atoms with E-state index >= 15 is 0 Å². The molecule has 0 spiro atoms. The topological polar surface area (TPSA) is 109 Å². The summed E-state index contributed by atoms with van der Waals surface area (Å²) in [4.78, 5) is 28.7. The molecule has 7 nitrogen and oxygen atoms in total. The molecule has 1 aliphatic carbocycles. The zero-order chi connectivity index (χ0) is 27.5. The van der Waals surface area contributed by atoms with E-state index in [9.17, 15) is 14.7 Å². The van der Waals surface area contributed by atoms with Crippen molar-refractivity contribution in [3.05, 3.63) is 65.5 Å². The van der Waals surface area contributed by atoms with Crippen LogP contribution in [0.25, 0.3) is 10.8 Å². The minimum absolute atomic E-state index is 0.0678. The lowest BCUT2D eigenvalue weighted by Crippen LogP contribution is -2.42. The number of aromatic nitrogens is 1. The molecule has 0 aliphatic heterocycles. The van der Waals surface area contributed by atoms with Crippen molar-refractivity contribution in [2.75, 3.05) is 6.54 Å². The fourth-order valence-corrected chi connectivity index (χ4v) is 5.03. The number of rotatable bonds is 9. The maximum Gasteiger partial charge on any atom is 0.306 e. The molecule has 1 aliphatic rings. The van der Waals surface area contributed by atoms with Crippen LogP contribution in [-0.4, -0.2) is 39.2 Å². The molecular weight excluding hydrogens is 480 g/mol. The maximum absolute atomic E-state index is 13.0. The molecule has 0 saturated heterocycles. The molecule has 1 aromatic heterocycles. The fourth-order valence-electron chi connectivity index (χ4n) is 5.03. The van der Waals surface area contributed by atoms with Crippen LogP contribution in [0.4, 0.5) is 0 Å². The van der Waals surface area contributed by atoms with Crippen LogP contribution in [-0.2, 0) is 16.6 Å². The Kier molecular flexibility index (Phi) is 8.07. The molecule has 0 bridgehead atoms. The summed E-state index contributed by atoms with van der Waals surface area (Å²) in [7, 11) is 0. The third-order valence-electron chi connectivity index (χ3n) is 7.19. The predicted octanol–water partition coefficient (Wildman–Crippen LogP) is 6.01. The van der Waals surface area contributed by atoms with Gasteiger partial charge < -0.3 is 20.3 Å². The minimum atomic E-state index is -1.55. The molecule has 7 heteroatoms. The van der Waals surface area contributed by atoms with Crippen molar-refractivity contribution >= 4 is 22.6 Å². The first kappa shape index (κ1) is 27.6.